The molecule has 1 saturated carbocycles. The van der Waals surface area contributed by atoms with Crippen LogP contribution in [-0.4, -0.2) is 6.54 Å². The van der Waals surface area contributed by atoms with E-state index in [4.69, 9.17) is 5.73 Å². The van der Waals surface area contributed by atoms with Crippen LogP contribution in [0.5, 0.6) is 0 Å². The van der Waals surface area contributed by atoms with Crippen molar-refractivity contribution in [3.05, 3.63) is 35.4 Å². The molecule has 1 heteroatoms. The Balaban J connectivity index is 2.11. The molecule has 1 fully saturated rings. The third-order valence-electron chi connectivity index (χ3n) is 4.93. The number of hydrogen-bond donors (Lipinski definition) is 1. The van der Waals surface area contributed by atoms with Crippen LogP contribution >= 0.6 is 0 Å². The van der Waals surface area contributed by atoms with E-state index < -0.39 is 0 Å². The molecule has 0 heterocycles. The number of nitrogens with two attached hydrogens (primary N) is 1. The summed E-state index contributed by atoms with van der Waals surface area (Å²) in [7, 11) is 0. The molecule has 1 aromatic rings. The summed E-state index contributed by atoms with van der Waals surface area (Å²) in [5, 5.41) is 0. The molecule has 2 rings (SSSR count). The third-order valence-corrected chi connectivity index (χ3v) is 4.93. The van der Waals surface area contributed by atoms with E-state index in [1.807, 2.05) is 0 Å². The lowest BCUT2D eigenvalue weighted by Gasteiger charge is -2.35. The maximum absolute atomic E-state index is 6.00. The molecule has 0 bridgehead atoms. The Hall–Kier alpha value is -0.820. The molecule has 0 saturated heterocycles. The SMILES string of the molecule is CCCc1ccc(C2CC(CC)CCC2CN)cc1. The van der Waals surface area contributed by atoms with Crippen LogP contribution in [-0.2, 0) is 6.42 Å². The molecule has 0 aliphatic heterocycles. The van der Waals surface area contributed by atoms with Crippen molar-refractivity contribution in [3.8, 4) is 0 Å². The van der Waals surface area contributed by atoms with Gasteiger partial charge in [-0.3, -0.25) is 0 Å². The molecule has 3 unspecified atom stereocenters. The van der Waals surface area contributed by atoms with E-state index in [2.05, 4.69) is 38.1 Å². The molecular weight excluding hydrogens is 230 g/mol. The molecule has 1 aliphatic carbocycles. The molecule has 1 nitrogen and oxygen atoms in total. The van der Waals surface area contributed by atoms with Gasteiger partial charge in [0.1, 0.15) is 0 Å². The van der Waals surface area contributed by atoms with Gasteiger partial charge in [-0.15, -0.1) is 0 Å². The summed E-state index contributed by atoms with van der Waals surface area (Å²) in [5.41, 5.74) is 8.99. The average Bonchev–Trinajstić information content (AvgIpc) is 2.47. The van der Waals surface area contributed by atoms with Crippen LogP contribution in [0.25, 0.3) is 0 Å². The molecule has 3 atom stereocenters. The first-order chi connectivity index (χ1) is 9.28. The minimum atomic E-state index is 0.694. The van der Waals surface area contributed by atoms with Crippen LogP contribution < -0.4 is 5.73 Å². The minimum absolute atomic E-state index is 0.694. The number of aryl methyl sites for hydroxylation is 1. The van der Waals surface area contributed by atoms with Crippen LogP contribution in [0.4, 0.5) is 0 Å². The largest absolute Gasteiger partial charge is 0.330 e. The zero-order valence-electron chi connectivity index (χ0n) is 12.6. The quantitative estimate of drug-likeness (QED) is 0.827. The zero-order chi connectivity index (χ0) is 13.7. The van der Waals surface area contributed by atoms with Crippen molar-refractivity contribution in [2.45, 2.75) is 58.3 Å². The Morgan fingerprint density at radius 2 is 1.84 bits per heavy atom. The zero-order valence-corrected chi connectivity index (χ0v) is 12.6. The molecule has 1 aliphatic rings. The molecule has 0 aromatic heterocycles. The van der Waals surface area contributed by atoms with Crippen molar-refractivity contribution in [1.82, 2.24) is 0 Å². The van der Waals surface area contributed by atoms with Gasteiger partial charge >= 0.3 is 0 Å². The predicted molar refractivity (Wildman–Crippen MR) is 83.4 cm³/mol. The first-order valence-electron chi connectivity index (χ1n) is 8.07. The second-order valence-electron chi connectivity index (χ2n) is 6.18. The summed E-state index contributed by atoms with van der Waals surface area (Å²) in [6.07, 6.45) is 7.78. The van der Waals surface area contributed by atoms with Gasteiger partial charge in [-0.05, 0) is 54.7 Å². The fraction of sp³-hybridized carbons (Fsp3) is 0.667. The molecule has 19 heavy (non-hydrogen) atoms. The van der Waals surface area contributed by atoms with Gasteiger partial charge in [0.25, 0.3) is 0 Å². The Morgan fingerprint density at radius 3 is 2.42 bits per heavy atom. The van der Waals surface area contributed by atoms with E-state index in [-0.39, 0.29) is 0 Å². The van der Waals surface area contributed by atoms with Crippen molar-refractivity contribution in [1.29, 1.82) is 0 Å². The number of benzene rings is 1. The van der Waals surface area contributed by atoms with E-state index in [1.54, 1.807) is 0 Å². The lowest BCUT2D eigenvalue weighted by atomic mass is 9.70. The fourth-order valence-electron chi connectivity index (χ4n) is 3.60. The number of rotatable bonds is 5. The lowest BCUT2D eigenvalue weighted by molar-refractivity contribution is 0.236. The van der Waals surface area contributed by atoms with Gasteiger partial charge in [0.05, 0.1) is 0 Å². The van der Waals surface area contributed by atoms with E-state index in [9.17, 15) is 0 Å². The summed E-state index contributed by atoms with van der Waals surface area (Å²) in [4.78, 5) is 0. The van der Waals surface area contributed by atoms with E-state index >= 15 is 0 Å². The smallest absolute Gasteiger partial charge is 0.00430 e. The number of hydrogen-bond acceptors (Lipinski definition) is 1. The lowest BCUT2D eigenvalue weighted by Crippen LogP contribution is -2.28. The van der Waals surface area contributed by atoms with Crippen molar-refractivity contribution < 1.29 is 0 Å². The summed E-state index contributed by atoms with van der Waals surface area (Å²) >= 11 is 0. The van der Waals surface area contributed by atoms with Gasteiger partial charge in [0.15, 0.2) is 0 Å². The topological polar surface area (TPSA) is 26.0 Å². The van der Waals surface area contributed by atoms with E-state index in [0.717, 1.165) is 12.5 Å². The second kappa shape index (κ2) is 7.09. The van der Waals surface area contributed by atoms with Crippen molar-refractivity contribution >= 4 is 0 Å². The van der Waals surface area contributed by atoms with Crippen molar-refractivity contribution in [3.63, 3.8) is 0 Å². The summed E-state index contributed by atoms with van der Waals surface area (Å²) in [6.45, 7) is 5.41. The Bertz CT molecular complexity index is 368. The van der Waals surface area contributed by atoms with Gasteiger partial charge < -0.3 is 5.73 Å². The third kappa shape index (κ3) is 3.60. The minimum Gasteiger partial charge on any atom is -0.330 e. The first-order valence-corrected chi connectivity index (χ1v) is 8.07. The van der Waals surface area contributed by atoms with Crippen molar-refractivity contribution in [2.75, 3.05) is 6.54 Å². The molecule has 0 spiro atoms. The highest BCUT2D eigenvalue weighted by Crippen LogP contribution is 2.41. The predicted octanol–water partition coefficient (Wildman–Crippen LogP) is 4.51. The first kappa shape index (κ1) is 14.6. The molecule has 1 aromatic carbocycles. The molecular formula is C18H29N. The molecule has 106 valence electrons. The average molecular weight is 259 g/mol. The molecule has 0 radical (unpaired) electrons. The van der Waals surface area contributed by atoms with Crippen LogP contribution in [0.2, 0.25) is 0 Å². The fourth-order valence-corrected chi connectivity index (χ4v) is 3.60. The van der Waals surface area contributed by atoms with E-state index in [0.29, 0.717) is 11.8 Å². The molecule has 0 amide bonds. The molecule has 2 N–H and O–H groups in total. The van der Waals surface area contributed by atoms with Crippen LogP contribution in [0, 0.1) is 11.8 Å². The van der Waals surface area contributed by atoms with Gasteiger partial charge in [-0.2, -0.15) is 0 Å². The van der Waals surface area contributed by atoms with Crippen LogP contribution in [0.1, 0.15) is 63.0 Å². The highest BCUT2D eigenvalue weighted by Gasteiger charge is 2.29. The van der Waals surface area contributed by atoms with Gasteiger partial charge in [0, 0.05) is 0 Å². The maximum Gasteiger partial charge on any atom is -0.00430 e. The highest BCUT2D eigenvalue weighted by molar-refractivity contribution is 5.26. The maximum atomic E-state index is 6.00. The van der Waals surface area contributed by atoms with Crippen molar-refractivity contribution in [2.24, 2.45) is 17.6 Å². The van der Waals surface area contributed by atoms with Gasteiger partial charge in [-0.1, -0.05) is 57.4 Å². The van der Waals surface area contributed by atoms with Gasteiger partial charge in [-0.25, -0.2) is 0 Å². The summed E-state index contributed by atoms with van der Waals surface area (Å²) < 4.78 is 0. The Morgan fingerprint density at radius 1 is 1.11 bits per heavy atom. The summed E-state index contributed by atoms with van der Waals surface area (Å²) in [5.74, 6) is 2.29. The Kier molecular flexibility index (Phi) is 5.45. The van der Waals surface area contributed by atoms with Crippen LogP contribution in [0.15, 0.2) is 24.3 Å². The monoisotopic (exact) mass is 259 g/mol. The second-order valence-corrected chi connectivity index (χ2v) is 6.18. The standard InChI is InChI=1S/C18H29N/c1-3-5-15-7-9-16(10-8-15)18-12-14(4-2)6-11-17(18)13-19/h7-10,14,17-18H,3-6,11-13,19H2,1-2H3. The van der Waals surface area contributed by atoms with Gasteiger partial charge in [0.2, 0.25) is 0 Å². The highest BCUT2D eigenvalue weighted by atomic mass is 14.6. The Labute approximate surface area is 118 Å². The summed E-state index contributed by atoms with van der Waals surface area (Å²) in [6, 6.07) is 9.36. The van der Waals surface area contributed by atoms with Crippen LogP contribution in [0.3, 0.4) is 0 Å². The van der Waals surface area contributed by atoms with E-state index in [1.165, 1.54) is 49.7 Å². The normalized spacial score (nSPS) is 27.4.